The standard InChI is InChI=1S/C4H7ClF2/c1-3(5)2-4(6)7/h3-4H,2H2,1H3. The Bertz CT molecular complexity index is 39.0. The molecule has 0 heterocycles. The fourth-order valence-electron chi connectivity index (χ4n) is 0.246. The molecule has 0 fully saturated rings. The van der Waals surface area contributed by atoms with E-state index < -0.39 is 11.8 Å². The Kier molecular flexibility index (Phi) is 3.26. The van der Waals surface area contributed by atoms with Crippen LogP contribution in [0.4, 0.5) is 8.78 Å². The second-order valence-electron chi connectivity index (χ2n) is 1.41. The van der Waals surface area contributed by atoms with Gasteiger partial charge in [-0.3, -0.25) is 0 Å². The molecule has 0 aromatic heterocycles. The molecule has 7 heavy (non-hydrogen) atoms. The van der Waals surface area contributed by atoms with Crippen LogP contribution >= 0.6 is 11.6 Å². The lowest BCUT2D eigenvalue weighted by Crippen LogP contribution is -1.98. The highest BCUT2D eigenvalue weighted by atomic mass is 35.5. The van der Waals surface area contributed by atoms with Crippen LogP contribution in [0.1, 0.15) is 13.3 Å². The first-order chi connectivity index (χ1) is 3.13. The van der Waals surface area contributed by atoms with Gasteiger partial charge in [-0.05, 0) is 6.92 Å². The number of alkyl halides is 3. The van der Waals surface area contributed by atoms with Crippen LogP contribution in [0.5, 0.6) is 0 Å². The van der Waals surface area contributed by atoms with Crippen LogP contribution in [-0.2, 0) is 0 Å². The predicted molar refractivity (Wildman–Crippen MR) is 25.9 cm³/mol. The summed E-state index contributed by atoms with van der Waals surface area (Å²) in [5, 5.41) is -0.403. The number of hydrogen-bond donors (Lipinski definition) is 0. The summed E-state index contributed by atoms with van der Waals surface area (Å²) in [6.07, 6.45) is -2.46. The SMILES string of the molecule is CC(Cl)CC(F)F. The third-order valence-corrected chi connectivity index (χ3v) is 0.681. The first kappa shape index (κ1) is 7.15. The van der Waals surface area contributed by atoms with Crippen LogP contribution in [0.2, 0.25) is 0 Å². The molecular formula is C4H7ClF2. The van der Waals surface area contributed by atoms with Gasteiger partial charge in [-0.2, -0.15) is 0 Å². The minimum atomic E-state index is -2.26. The van der Waals surface area contributed by atoms with Crippen LogP contribution in [0.25, 0.3) is 0 Å². The van der Waals surface area contributed by atoms with E-state index in [9.17, 15) is 8.78 Å². The Morgan fingerprint density at radius 2 is 2.00 bits per heavy atom. The minimum absolute atomic E-state index is 0.207. The highest BCUT2D eigenvalue weighted by Crippen LogP contribution is 2.07. The lowest BCUT2D eigenvalue weighted by molar-refractivity contribution is 0.138. The van der Waals surface area contributed by atoms with Crippen molar-refractivity contribution in [3.05, 3.63) is 0 Å². The van der Waals surface area contributed by atoms with Gasteiger partial charge in [0.05, 0.1) is 0 Å². The third-order valence-electron chi connectivity index (χ3n) is 0.503. The maximum absolute atomic E-state index is 11.2. The summed E-state index contributed by atoms with van der Waals surface area (Å²) in [4.78, 5) is 0. The summed E-state index contributed by atoms with van der Waals surface area (Å²) < 4.78 is 22.4. The first-order valence-electron chi connectivity index (χ1n) is 2.05. The van der Waals surface area contributed by atoms with Gasteiger partial charge < -0.3 is 0 Å². The Morgan fingerprint density at radius 3 is 2.00 bits per heavy atom. The van der Waals surface area contributed by atoms with Crippen LogP contribution < -0.4 is 0 Å². The summed E-state index contributed by atoms with van der Waals surface area (Å²) in [6, 6.07) is 0. The highest BCUT2D eigenvalue weighted by Gasteiger charge is 2.05. The molecule has 0 bridgehead atoms. The van der Waals surface area contributed by atoms with Gasteiger partial charge in [0.1, 0.15) is 0 Å². The largest absolute Gasteiger partial charge is 0.240 e. The molecule has 0 saturated carbocycles. The van der Waals surface area contributed by atoms with Crippen molar-refractivity contribution in [1.29, 1.82) is 0 Å². The number of hydrogen-bond acceptors (Lipinski definition) is 0. The molecule has 0 rings (SSSR count). The van der Waals surface area contributed by atoms with Crippen molar-refractivity contribution in [2.45, 2.75) is 25.1 Å². The fraction of sp³-hybridized carbons (Fsp3) is 1.00. The van der Waals surface area contributed by atoms with Crippen molar-refractivity contribution in [2.24, 2.45) is 0 Å². The zero-order valence-electron chi connectivity index (χ0n) is 4.00. The van der Waals surface area contributed by atoms with Gasteiger partial charge in [0.25, 0.3) is 0 Å². The van der Waals surface area contributed by atoms with Crippen molar-refractivity contribution < 1.29 is 8.78 Å². The van der Waals surface area contributed by atoms with Gasteiger partial charge in [0.15, 0.2) is 0 Å². The van der Waals surface area contributed by atoms with Crippen LogP contribution in [0.3, 0.4) is 0 Å². The molecule has 0 radical (unpaired) electrons. The van der Waals surface area contributed by atoms with Gasteiger partial charge in [0.2, 0.25) is 6.43 Å². The summed E-state index contributed by atoms with van der Waals surface area (Å²) >= 11 is 5.19. The predicted octanol–water partition coefficient (Wildman–Crippen LogP) is 2.27. The molecule has 0 aliphatic rings. The van der Waals surface area contributed by atoms with E-state index in [1.54, 1.807) is 6.92 Å². The molecular weight excluding hydrogens is 121 g/mol. The van der Waals surface area contributed by atoms with E-state index in [1.165, 1.54) is 0 Å². The van der Waals surface area contributed by atoms with E-state index in [2.05, 4.69) is 0 Å². The third kappa shape index (κ3) is 6.15. The Hall–Kier alpha value is 0.150. The quantitative estimate of drug-likeness (QED) is 0.501. The second-order valence-corrected chi connectivity index (χ2v) is 2.15. The van der Waals surface area contributed by atoms with E-state index in [4.69, 9.17) is 11.6 Å². The van der Waals surface area contributed by atoms with E-state index in [0.717, 1.165) is 0 Å². The minimum Gasteiger partial charge on any atom is -0.210 e. The van der Waals surface area contributed by atoms with Crippen molar-refractivity contribution in [1.82, 2.24) is 0 Å². The Balaban J connectivity index is 2.95. The van der Waals surface area contributed by atoms with Crippen molar-refractivity contribution in [3.63, 3.8) is 0 Å². The van der Waals surface area contributed by atoms with Gasteiger partial charge in [-0.25, -0.2) is 8.78 Å². The van der Waals surface area contributed by atoms with Gasteiger partial charge >= 0.3 is 0 Å². The summed E-state index contributed by atoms with van der Waals surface area (Å²) in [5.74, 6) is 0. The van der Waals surface area contributed by atoms with Crippen LogP contribution in [-0.4, -0.2) is 11.8 Å². The topological polar surface area (TPSA) is 0 Å². The molecule has 0 aliphatic heterocycles. The Labute approximate surface area is 46.5 Å². The van der Waals surface area contributed by atoms with Gasteiger partial charge in [-0.15, -0.1) is 11.6 Å². The van der Waals surface area contributed by atoms with Gasteiger partial charge in [-0.1, -0.05) is 0 Å². The van der Waals surface area contributed by atoms with Crippen molar-refractivity contribution in [3.8, 4) is 0 Å². The second kappa shape index (κ2) is 3.19. The van der Waals surface area contributed by atoms with Crippen molar-refractivity contribution in [2.75, 3.05) is 0 Å². The lowest BCUT2D eigenvalue weighted by Gasteiger charge is -1.97. The van der Waals surface area contributed by atoms with E-state index in [0.29, 0.717) is 0 Å². The molecule has 3 heteroatoms. The fourth-order valence-corrected chi connectivity index (χ4v) is 0.380. The number of halogens is 3. The number of rotatable bonds is 2. The highest BCUT2D eigenvalue weighted by molar-refractivity contribution is 6.20. The molecule has 0 saturated heterocycles. The average molecular weight is 129 g/mol. The molecule has 0 aromatic rings. The normalized spacial score (nSPS) is 15.0. The Morgan fingerprint density at radius 1 is 1.57 bits per heavy atom. The molecule has 0 amide bonds. The van der Waals surface area contributed by atoms with E-state index in [1.807, 2.05) is 0 Å². The monoisotopic (exact) mass is 128 g/mol. The first-order valence-corrected chi connectivity index (χ1v) is 2.48. The van der Waals surface area contributed by atoms with Crippen molar-refractivity contribution >= 4 is 11.6 Å². The van der Waals surface area contributed by atoms with E-state index in [-0.39, 0.29) is 6.42 Å². The molecule has 0 aliphatic carbocycles. The zero-order chi connectivity index (χ0) is 5.86. The van der Waals surface area contributed by atoms with E-state index >= 15 is 0 Å². The summed E-state index contributed by atoms with van der Waals surface area (Å²) in [7, 11) is 0. The van der Waals surface area contributed by atoms with Crippen LogP contribution in [0.15, 0.2) is 0 Å². The average Bonchev–Trinajstić information content (AvgIpc) is 1.27. The molecule has 44 valence electrons. The smallest absolute Gasteiger partial charge is 0.210 e. The molecule has 1 atom stereocenters. The molecule has 1 unspecified atom stereocenters. The maximum atomic E-state index is 11.2. The molecule has 0 nitrogen and oxygen atoms in total. The lowest BCUT2D eigenvalue weighted by atomic mass is 10.3. The zero-order valence-corrected chi connectivity index (χ0v) is 4.75. The summed E-state index contributed by atoms with van der Waals surface area (Å²) in [5.41, 5.74) is 0. The maximum Gasteiger partial charge on any atom is 0.240 e. The molecule has 0 N–H and O–H groups in total. The summed E-state index contributed by atoms with van der Waals surface area (Å²) in [6.45, 7) is 1.55. The van der Waals surface area contributed by atoms with Gasteiger partial charge in [0, 0.05) is 11.8 Å². The molecule has 0 aromatic carbocycles. The molecule has 0 spiro atoms. The van der Waals surface area contributed by atoms with Crippen LogP contribution in [0, 0.1) is 0 Å².